The molecular weight excluding hydrogens is 270 g/mol. The fourth-order valence-corrected chi connectivity index (χ4v) is 2.53. The molecule has 106 valence electrons. The molecule has 1 aromatic heterocycles. The highest BCUT2D eigenvalue weighted by Gasteiger charge is 2.09. The van der Waals surface area contributed by atoms with Crippen molar-refractivity contribution in [3.8, 4) is 0 Å². The molecule has 4 nitrogen and oxygen atoms in total. The number of nitrogens with one attached hydrogen (secondary N) is 2. The molecule has 2 rings (SSSR count). The minimum Gasteiger partial charge on any atom is -0.385 e. The lowest BCUT2D eigenvalue weighted by atomic mass is 10.1. The van der Waals surface area contributed by atoms with Crippen LogP contribution in [0.2, 0.25) is 0 Å². The number of aryl methyl sites for hydroxylation is 2. The minimum atomic E-state index is -0.121. The van der Waals surface area contributed by atoms with Crippen LogP contribution in [0, 0.1) is 13.8 Å². The quantitative estimate of drug-likeness (QED) is 0.879. The third kappa shape index (κ3) is 3.57. The highest BCUT2D eigenvalue weighted by Crippen LogP contribution is 2.19. The first-order valence-electron chi connectivity index (χ1n) is 6.68. The van der Waals surface area contributed by atoms with Crippen molar-refractivity contribution in [3.05, 3.63) is 40.4 Å². The molecule has 1 amide bonds. The van der Waals surface area contributed by atoms with Gasteiger partial charge in [-0.2, -0.15) is 0 Å². The molecule has 0 spiro atoms. The van der Waals surface area contributed by atoms with Crippen molar-refractivity contribution in [1.29, 1.82) is 0 Å². The molecule has 5 heteroatoms. The van der Waals surface area contributed by atoms with E-state index >= 15 is 0 Å². The van der Waals surface area contributed by atoms with E-state index in [-0.39, 0.29) is 5.91 Å². The van der Waals surface area contributed by atoms with Crippen LogP contribution in [0.1, 0.15) is 35.0 Å². The summed E-state index contributed by atoms with van der Waals surface area (Å²) in [5.41, 5.74) is 3.72. The number of rotatable bonds is 5. The number of anilines is 2. The van der Waals surface area contributed by atoms with Crippen LogP contribution in [-0.4, -0.2) is 17.4 Å². The Morgan fingerprint density at radius 1 is 1.35 bits per heavy atom. The Balaban J connectivity index is 2.08. The first-order valence-corrected chi connectivity index (χ1v) is 7.56. The van der Waals surface area contributed by atoms with Gasteiger partial charge in [-0.1, -0.05) is 6.92 Å². The van der Waals surface area contributed by atoms with Gasteiger partial charge in [-0.3, -0.25) is 10.1 Å². The zero-order valence-electron chi connectivity index (χ0n) is 12.0. The lowest BCUT2D eigenvalue weighted by molar-refractivity contribution is 0.102. The second-order valence-corrected chi connectivity index (χ2v) is 5.56. The highest BCUT2D eigenvalue weighted by atomic mass is 32.1. The summed E-state index contributed by atoms with van der Waals surface area (Å²) in [6.45, 7) is 6.97. The maximum Gasteiger partial charge on any atom is 0.257 e. The number of hydrogen-bond acceptors (Lipinski definition) is 4. The Morgan fingerprint density at radius 3 is 2.75 bits per heavy atom. The molecule has 1 aromatic carbocycles. The predicted octanol–water partition coefficient (Wildman–Crippen LogP) is 3.83. The van der Waals surface area contributed by atoms with Gasteiger partial charge in [0, 0.05) is 23.2 Å². The van der Waals surface area contributed by atoms with Crippen molar-refractivity contribution in [1.82, 2.24) is 4.98 Å². The van der Waals surface area contributed by atoms with E-state index in [9.17, 15) is 4.79 Å². The van der Waals surface area contributed by atoms with Crippen molar-refractivity contribution in [2.24, 2.45) is 0 Å². The zero-order chi connectivity index (χ0) is 14.5. The first-order chi connectivity index (χ1) is 9.60. The van der Waals surface area contributed by atoms with Crippen molar-refractivity contribution in [2.45, 2.75) is 27.2 Å². The largest absolute Gasteiger partial charge is 0.385 e. The molecule has 0 fully saturated rings. The lowest BCUT2D eigenvalue weighted by Gasteiger charge is -2.10. The van der Waals surface area contributed by atoms with Crippen LogP contribution in [-0.2, 0) is 0 Å². The van der Waals surface area contributed by atoms with Crippen LogP contribution in [0.3, 0.4) is 0 Å². The van der Waals surface area contributed by atoms with Crippen LogP contribution >= 0.6 is 11.3 Å². The van der Waals surface area contributed by atoms with E-state index in [2.05, 4.69) is 22.5 Å². The summed E-state index contributed by atoms with van der Waals surface area (Å²) in [6, 6.07) is 5.68. The van der Waals surface area contributed by atoms with E-state index < -0.39 is 0 Å². The Bertz CT molecular complexity index is 607. The van der Waals surface area contributed by atoms with Gasteiger partial charge in [-0.25, -0.2) is 4.98 Å². The summed E-state index contributed by atoms with van der Waals surface area (Å²) in [4.78, 5) is 16.4. The van der Waals surface area contributed by atoms with E-state index in [4.69, 9.17) is 0 Å². The number of aromatic nitrogens is 1. The average molecular weight is 289 g/mol. The number of nitrogens with zero attached hydrogens (tertiary/aromatic N) is 1. The Morgan fingerprint density at radius 2 is 2.15 bits per heavy atom. The molecule has 0 aliphatic carbocycles. The summed E-state index contributed by atoms with van der Waals surface area (Å²) in [6.07, 6.45) is 1.07. The summed E-state index contributed by atoms with van der Waals surface area (Å²) >= 11 is 1.44. The fraction of sp³-hybridized carbons (Fsp3) is 0.333. The highest BCUT2D eigenvalue weighted by molar-refractivity contribution is 7.13. The topological polar surface area (TPSA) is 54.0 Å². The third-order valence-corrected chi connectivity index (χ3v) is 3.77. The number of thiazole rings is 1. The lowest BCUT2D eigenvalue weighted by Crippen LogP contribution is -2.12. The molecule has 20 heavy (non-hydrogen) atoms. The molecule has 0 atom stereocenters. The molecule has 0 aliphatic rings. The second-order valence-electron chi connectivity index (χ2n) is 4.70. The van der Waals surface area contributed by atoms with Crippen molar-refractivity contribution >= 4 is 28.1 Å². The Labute approximate surface area is 123 Å². The minimum absolute atomic E-state index is 0.121. The standard InChI is InChI=1S/C15H19N3OS/c1-4-7-16-13-6-5-12(8-10(13)2)14(19)18-15-17-11(3)9-20-15/h5-6,8-9,16H,4,7H2,1-3H3,(H,17,18,19). The fourth-order valence-electron chi connectivity index (χ4n) is 1.84. The molecule has 2 aromatic rings. The summed E-state index contributed by atoms with van der Waals surface area (Å²) < 4.78 is 0. The third-order valence-electron chi connectivity index (χ3n) is 2.89. The van der Waals surface area contributed by atoms with Crippen molar-refractivity contribution in [3.63, 3.8) is 0 Å². The molecule has 0 aliphatic heterocycles. The molecular formula is C15H19N3OS. The Hall–Kier alpha value is -1.88. The van der Waals surface area contributed by atoms with Gasteiger partial charge in [0.15, 0.2) is 5.13 Å². The van der Waals surface area contributed by atoms with E-state index in [1.807, 2.05) is 37.4 Å². The first kappa shape index (κ1) is 14.5. The normalized spacial score (nSPS) is 10.3. The van der Waals surface area contributed by atoms with Crippen LogP contribution in [0.25, 0.3) is 0 Å². The maximum absolute atomic E-state index is 12.1. The van der Waals surface area contributed by atoms with E-state index in [0.29, 0.717) is 10.7 Å². The summed E-state index contributed by atoms with van der Waals surface area (Å²) in [5, 5.41) is 8.71. The van der Waals surface area contributed by atoms with E-state index in [0.717, 1.165) is 29.9 Å². The van der Waals surface area contributed by atoms with Crippen molar-refractivity contribution < 1.29 is 4.79 Å². The van der Waals surface area contributed by atoms with Gasteiger partial charge in [-0.05, 0) is 44.0 Å². The van der Waals surface area contributed by atoms with Gasteiger partial charge in [0.05, 0.1) is 5.69 Å². The van der Waals surface area contributed by atoms with Crippen LogP contribution < -0.4 is 10.6 Å². The van der Waals surface area contributed by atoms with Gasteiger partial charge in [0.1, 0.15) is 0 Å². The van der Waals surface area contributed by atoms with Gasteiger partial charge < -0.3 is 5.32 Å². The van der Waals surface area contributed by atoms with Crippen LogP contribution in [0.15, 0.2) is 23.6 Å². The van der Waals surface area contributed by atoms with Gasteiger partial charge in [-0.15, -0.1) is 11.3 Å². The van der Waals surface area contributed by atoms with Crippen LogP contribution in [0.5, 0.6) is 0 Å². The second kappa shape index (κ2) is 6.52. The van der Waals surface area contributed by atoms with E-state index in [1.165, 1.54) is 11.3 Å². The van der Waals surface area contributed by atoms with Gasteiger partial charge in [0.25, 0.3) is 5.91 Å². The molecule has 0 saturated heterocycles. The molecule has 0 radical (unpaired) electrons. The number of amides is 1. The number of carbonyl (C=O) groups excluding carboxylic acids is 1. The smallest absolute Gasteiger partial charge is 0.257 e. The molecule has 0 bridgehead atoms. The number of carbonyl (C=O) groups is 1. The van der Waals surface area contributed by atoms with Gasteiger partial charge >= 0.3 is 0 Å². The predicted molar refractivity (Wildman–Crippen MR) is 84.8 cm³/mol. The Kier molecular flexibility index (Phi) is 4.74. The maximum atomic E-state index is 12.1. The molecule has 2 N–H and O–H groups in total. The number of benzene rings is 1. The molecule has 0 saturated carbocycles. The molecule has 1 heterocycles. The molecule has 0 unspecified atom stereocenters. The van der Waals surface area contributed by atoms with Crippen molar-refractivity contribution in [2.75, 3.05) is 17.2 Å². The van der Waals surface area contributed by atoms with Gasteiger partial charge in [0.2, 0.25) is 0 Å². The summed E-state index contributed by atoms with van der Waals surface area (Å²) in [5.74, 6) is -0.121. The SMILES string of the molecule is CCCNc1ccc(C(=O)Nc2nc(C)cs2)cc1C. The summed E-state index contributed by atoms with van der Waals surface area (Å²) in [7, 11) is 0. The zero-order valence-corrected chi connectivity index (χ0v) is 12.8. The number of hydrogen-bond donors (Lipinski definition) is 2. The average Bonchev–Trinajstić information content (AvgIpc) is 2.82. The van der Waals surface area contributed by atoms with Crippen LogP contribution in [0.4, 0.5) is 10.8 Å². The van der Waals surface area contributed by atoms with E-state index in [1.54, 1.807) is 0 Å². The monoisotopic (exact) mass is 289 g/mol.